The number of hydrogen-bond acceptors (Lipinski definition) is 5. The number of amides is 2. The second-order valence-corrected chi connectivity index (χ2v) is 5.06. The summed E-state index contributed by atoms with van der Waals surface area (Å²) in [5.74, 6) is 1.32. The highest BCUT2D eigenvalue weighted by atomic mass is 16.5. The number of nitrogens with one attached hydrogen (secondary N) is 1. The molecule has 0 aliphatic carbocycles. The summed E-state index contributed by atoms with van der Waals surface area (Å²) in [7, 11) is 0. The number of carbonyl (C=O) groups excluding carboxylic acids is 1. The van der Waals surface area contributed by atoms with Gasteiger partial charge in [0.15, 0.2) is 0 Å². The molecule has 0 radical (unpaired) electrons. The summed E-state index contributed by atoms with van der Waals surface area (Å²) in [6, 6.07) is 5.07. The van der Waals surface area contributed by atoms with Gasteiger partial charge in [0.1, 0.15) is 18.1 Å². The Labute approximate surface area is 127 Å². The van der Waals surface area contributed by atoms with Crippen LogP contribution in [0, 0.1) is 0 Å². The third-order valence-corrected chi connectivity index (χ3v) is 3.37. The maximum Gasteiger partial charge on any atom is 0.323 e. The van der Waals surface area contributed by atoms with Gasteiger partial charge in [-0.05, 0) is 12.1 Å². The van der Waals surface area contributed by atoms with E-state index >= 15 is 0 Å². The molecule has 1 aliphatic rings. The second-order valence-electron chi connectivity index (χ2n) is 5.06. The summed E-state index contributed by atoms with van der Waals surface area (Å²) in [6.07, 6.45) is 2.54. The van der Waals surface area contributed by atoms with Gasteiger partial charge in [0, 0.05) is 12.6 Å². The fourth-order valence-electron chi connectivity index (χ4n) is 2.28. The number of aliphatic hydroxyl groups is 1. The van der Waals surface area contributed by atoms with Gasteiger partial charge < -0.3 is 19.2 Å². The van der Waals surface area contributed by atoms with Gasteiger partial charge in [-0.1, -0.05) is 0 Å². The van der Waals surface area contributed by atoms with Crippen LogP contribution in [0.2, 0.25) is 0 Å². The normalized spacial score (nSPS) is 19.0. The molecule has 1 saturated heterocycles. The van der Waals surface area contributed by atoms with Crippen molar-refractivity contribution in [3.05, 3.63) is 36.4 Å². The third kappa shape index (κ3) is 3.46. The van der Waals surface area contributed by atoms with Gasteiger partial charge in [-0.2, -0.15) is 5.10 Å². The molecular weight excluding hydrogens is 288 g/mol. The molecule has 8 nitrogen and oxygen atoms in total. The summed E-state index contributed by atoms with van der Waals surface area (Å²) < 4.78 is 12.1. The smallest absolute Gasteiger partial charge is 0.323 e. The SMILES string of the molecule is O=C(Nc1ccnn1Cc1ccco1)N1CCOC[C@H](O)C1. The van der Waals surface area contributed by atoms with Gasteiger partial charge in [-0.3, -0.25) is 5.32 Å². The zero-order valence-corrected chi connectivity index (χ0v) is 12.0. The van der Waals surface area contributed by atoms with E-state index in [1.54, 1.807) is 29.3 Å². The van der Waals surface area contributed by atoms with E-state index < -0.39 is 6.10 Å². The van der Waals surface area contributed by atoms with Crippen LogP contribution in [0.5, 0.6) is 0 Å². The molecular formula is C14H18N4O4. The minimum Gasteiger partial charge on any atom is -0.467 e. The molecule has 2 aromatic heterocycles. The van der Waals surface area contributed by atoms with Crippen molar-refractivity contribution in [3.63, 3.8) is 0 Å². The number of rotatable bonds is 3. The van der Waals surface area contributed by atoms with Gasteiger partial charge in [-0.25, -0.2) is 9.48 Å². The summed E-state index contributed by atoms with van der Waals surface area (Å²) in [5, 5.41) is 16.7. The van der Waals surface area contributed by atoms with Gasteiger partial charge in [0.25, 0.3) is 0 Å². The van der Waals surface area contributed by atoms with Gasteiger partial charge >= 0.3 is 6.03 Å². The number of ether oxygens (including phenoxy) is 1. The van der Waals surface area contributed by atoms with Crippen molar-refractivity contribution in [2.75, 3.05) is 31.6 Å². The summed E-state index contributed by atoms with van der Waals surface area (Å²) >= 11 is 0. The number of hydrogen-bond donors (Lipinski definition) is 2. The van der Waals surface area contributed by atoms with Crippen LogP contribution in [0.3, 0.4) is 0 Å². The maximum atomic E-state index is 12.3. The molecule has 8 heteroatoms. The van der Waals surface area contributed by atoms with E-state index in [9.17, 15) is 9.90 Å². The Kier molecular flexibility index (Phi) is 4.40. The molecule has 0 spiro atoms. The zero-order valence-electron chi connectivity index (χ0n) is 12.0. The summed E-state index contributed by atoms with van der Waals surface area (Å²) in [4.78, 5) is 13.8. The molecule has 22 heavy (non-hydrogen) atoms. The second kappa shape index (κ2) is 6.63. The van der Waals surface area contributed by atoms with Crippen LogP contribution in [0.1, 0.15) is 5.76 Å². The zero-order chi connectivity index (χ0) is 15.4. The van der Waals surface area contributed by atoms with Crippen LogP contribution < -0.4 is 5.32 Å². The Hall–Kier alpha value is -2.32. The quantitative estimate of drug-likeness (QED) is 0.873. The first-order chi connectivity index (χ1) is 10.7. The molecule has 0 unspecified atom stereocenters. The van der Waals surface area contributed by atoms with Crippen LogP contribution >= 0.6 is 0 Å². The number of aromatic nitrogens is 2. The Balaban J connectivity index is 1.65. The largest absolute Gasteiger partial charge is 0.467 e. The predicted octanol–water partition coefficient (Wildman–Crippen LogP) is 0.749. The lowest BCUT2D eigenvalue weighted by Gasteiger charge is -2.21. The topological polar surface area (TPSA) is 92.8 Å². The lowest BCUT2D eigenvalue weighted by atomic mass is 10.3. The Morgan fingerprint density at radius 2 is 2.41 bits per heavy atom. The summed E-state index contributed by atoms with van der Waals surface area (Å²) in [6.45, 7) is 1.78. The summed E-state index contributed by atoms with van der Waals surface area (Å²) in [5.41, 5.74) is 0. The van der Waals surface area contributed by atoms with Crippen LogP contribution in [0.15, 0.2) is 35.1 Å². The van der Waals surface area contributed by atoms with Gasteiger partial charge in [0.05, 0.1) is 38.3 Å². The number of β-amino-alcohol motifs (C(OH)–C–C–N with tert-alkyl or cyclic N) is 1. The number of nitrogens with zero attached hydrogens (tertiary/aromatic N) is 3. The molecule has 2 amide bonds. The highest BCUT2D eigenvalue weighted by Crippen LogP contribution is 2.12. The highest BCUT2D eigenvalue weighted by Gasteiger charge is 2.21. The first-order valence-corrected chi connectivity index (χ1v) is 7.08. The number of urea groups is 1. The number of furan rings is 1. The van der Waals surface area contributed by atoms with Gasteiger partial charge in [-0.15, -0.1) is 0 Å². The van der Waals surface area contributed by atoms with Crippen molar-refractivity contribution < 1.29 is 19.1 Å². The molecule has 1 atom stereocenters. The third-order valence-electron chi connectivity index (χ3n) is 3.37. The Bertz CT molecular complexity index is 610. The van der Waals surface area contributed by atoms with E-state index in [2.05, 4.69) is 10.4 Å². The van der Waals surface area contributed by atoms with Crippen molar-refractivity contribution in [2.24, 2.45) is 0 Å². The molecule has 3 heterocycles. The Morgan fingerprint density at radius 1 is 1.50 bits per heavy atom. The average Bonchev–Trinajstić information content (AvgIpc) is 3.10. The predicted molar refractivity (Wildman–Crippen MR) is 77.5 cm³/mol. The molecule has 2 N–H and O–H groups in total. The van der Waals surface area contributed by atoms with E-state index in [0.717, 1.165) is 5.76 Å². The van der Waals surface area contributed by atoms with E-state index in [1.165, 1.54) is 4.90 Å². The van der Waals surface area contributed by atoms with Crippen LogP contribution in [0.25, 0.3) is 0 Å². The minimum atomic E-state index is -0.665. The van der Waals surface area contributed by atoms with E-state index in [-0.39, 0.29) is 19.2 Å². The monoisotopic (exact) mass is 306 g/mol. The van der Waals surface area contributed by atoms with Crippen molar-refractivity contribution in [2.45, 2.75) is 12.6 Å². The van der Waals surface area contributed by atoms with Crippen LogP contribution in [-0.2, 0) is 11.3 Å². The first-order valence-electron chi connectivity index (χ1n) is 7.08. The van der Waals surface area contributed by atoms with E-state index in [1.807, 2.05) is 6.07 Å². The van der Waals surface area contributed by atoms with E-state index in [4.69, 9.17) is 9.15 Å². The highest BCUT2D eigenvalue weighted by molar-refractivity contribution is 5.88. The molecule has 3 rings (SSSR count). The number of carbonyl (C=O) groups is 1. The number of aliphatic hydroxyl groups excluding tert-OH is 1. The fraction of sp³-hybridized carbons (Fsp3) is 0.429. The van der Waals surface area contributed by atoms with Crippen LogP contribution in [-0.4, -0.2) is 58.2 Å². The molecule has 1 fully saturated rings. The lowest BCUT2D eigenvalue weighted by Crippen LogP contribution is -2.40. The standard InChI is InChI=1S/C14H18N4O4/c19-11-8-17(5-7-21-10-11)14(20)16-13-3-4-15-18(13)9-12-2-1-6-22-12/h1-4,6,11,19H,5,7-10H2,(H,16,20)/t11-/m1/s1. The van der Waals surface area contributed by atoms with Crippen molar-refractivity contribution in [1.82, 2.24) is 14.7 Å². The van der Waals surface area contributed by atoms with Gasteiger partial charge in [0.2, 0.25) is 0 Å². The van der Waals surface area contributed by atoms with Crippen LogP contribution in [0.4, 0.5) is 10.6 Å². The molecule has 0 saturated carbocycles. The molecule has 2 aromatic rings. The average molecular weight is 306 g/mol. The van der Waals surface area contributed by atoms with E-state index in [0.29, 0.717) is 25.5 Å². The first kappa shape index (κ1) is 14.6. The van der Waals surface area contributed by atoms with Crippen molar-refractivity contribution >= 4 is 11.8 Å². The molecule has 118 valence electrons. The molecule has 1 aliphatic heterocycles. The minimum absolute atomic E-state index is 0.248. The molecule has 0 bridgehead atoms. The fourth-order valence-corrected chi connectivity index (χ4v) is 2.28. The van der Waals surface area contributed by atoms with Crippen molar-refractivity contribution in [1.29, 1.82) is 0 Å². The number of anilines is 1. The lowest BCUT2D eigenvalue weighted by molar-refractivity contribution is 0.0575. The Morgan fingerprint density at radius 3 is 3.23 bits per heavy atom. The van der Waals surface area contributed by atoms with Crippen molar-refractivity contribution in [3.8, 4) is 0 Å². The maximum absolute atomic E-state index is 12.3. The molecule has 0 aromatic carbocycles.